The van der Waals surface area contributed by atoms with Crippen molar-refractivity contribution in [1.29, 1.82) is 0 Å². The van der Waals surface area contributed by atoms with Gasteiger partial charge in [-0.05, 0) is 36.8 Å². The van der Waals surface area contributed by atoms with E-state index < -0.39 is 11.6 Å². The minimum atomic E-state index is -0.635. The molecule has 2 N–H and O–H groups in total. The molecule has 0 saturated carbocycles. The number of aromatic amines is 1. The molecule has 2 rings (SSSR count). The van der Waals surface area contributed by atoms with Gasteiger partial charge < -0.3 is 15.0 Å². The van der Waals surface area contributed by atoms with E-state index in [1.807, 2.05) is 0 Å². The molecular weight excluding hydrogens is 289 g/mol. The van der Waals surface area contributed by atoms with Crippen LogP contribution in [-0.2, 0) is 4.74 Å². The Morgan fingerprint density at radius 3 is 2.77 bits per heavy atom. The van der Waals surface area contributed by atoms with Crippen LogP contribution in [0.4, 0.5) is 4.39 Å². The zero-order valence-electron chi connectivity index (χ0n) is 12.1. The first-order chi connectivity index (χ1) is 10.6. The number of methoxy groups -OCH3 is 1. The molecule has 116 valence electrons. The first kappa shape index (κ1) is 15.8. The third-order valence-electron chi connectivity index (χ3n) is 2.94. The number of benzene rings is 1. The fourth-order valence-electron chi connectivity index (χ4n) is 1.86. The normalized spacial score (nSPS) is 10.5. The van der Waals surface area contributed by atoms with E-state index in [9.17, 15) is 14.0 Å². The minimum absolute atomic E-state index is 0.108. The van der Waals surface area contributed by atoms with Crippen LogP contribution in [0.25, 0.3) is 11.3 Å². The largest absolute Gasteiger partial charge is 0.385 e. The maximum absolute atomic E-state index is 12.9. The Kier molecular flexibility index (Phi) is 5.37. The summed E-state index contributed by atoms with van der Waals surface area (Å²) in [5, 5.41) is 2.67. The summed E-state index contributed by atoms with van der Waals surface area (Å²) in [5.41, 5.74) is 0.340. The van der Waals surface area contributed by atoms with Gasteiger partial charge >= 0.3 is 5.69 Å². The number of ether oxygens (including phenoxy) is 1. The van der Waals surface area contributed by atoms with Gasteiger partial charge in [0, 0.05) is 25.8 Å². The molecule has 0 bridgehead atoms. The number of halogens is 1. The van der Waals surface area contributed by atoms with Crippen molar-refractivity contribution in [2.75, 3.05) is 20.3 Å². The van der Waals surface area contributed by atoms with Crippen molar-refractivity contribution in [3.05, 3.63) is 52.3 Å². The number of hydrogen-bond donors (Lipinski definition) is 2. The molecule has 0 saturated heterocycles. The molecule has 7 heteroatoms. The monoisotopic (exact) mass is 305 g/mol. The maximum Gasteiger partial charge on any atom is 0.346 e. The minimum Gasteiger partial charge on any atom is -0.385 e. The van der Waals surface area contributed by atoms with E-state index in [1.54, 1.807) is 7.11 Å². The third kappa shape index (κ3) is 4.23. The number of carbonyl (C=O) groups is 1. The number of rotatable bonds is 6. The fourth-order valence-corrected chi connectivity index (χ4v) is 1.86. The van der Waals surface area contributed by atoms with E-state index >= 15 is 0 Å². The van der Waals surface area contributed by atoms with Gasteiger partial charge in [0.1, 0.15) is 11.5 Å². The lowest BCUT2D eigenvalue weighted by molar-refractivity contribution is 0.0943. The van der Waals surface area contributed by atoms with Crippen molar-refractivity contribution in [3.8, 4) is 11.3 Å². The molecule has 0 spiro atoms. The van der Waals surface area contributed by atoms with Crippen molar-refractivity contribution in [2.24, 2.45) is 0 Å². The molecule has 0 aliphatic heterocycles. The maximum atomic E-state index is 12.9. The summed E-state index contributed by atoms with van der Waals surface area (Å²) < 4.78 is 17.8. The van der Waals surface area contributed by atoms with E-state index in [2.05, 4.69) is 15.3 Å². The number of amides is 1. The van der Waals surface area contributed by atoms with Crippen LogP contribution < -0.4 is 11.0 Å². The summed E-state index contributed by atoms with van der Waals surface area (Å²) in [5.74, 6) is -0.788. The van der Waals surface area contributed by atoms with Gasteiger partial charge in [0.15, 0.2) is 0 Å². The average molecular weight is 305 g/mol. The summed E-state index contributed by atoms with van der Waals surface area (Å²) in [6.07, 6.45) is 0.669. The van der Waals surface area contributed by atoms with Crippen LogP contribution in [0.2, 0.25) is 0 Å². The van der Waals surface area contributed by atoms with Crippen molar-refractivity contribution >= 4 is 5.91 Å². The molecule has 0 fully saturated rings. The van der Waals surface area contributed by atoms with Gasteiger partial charge in [-0.2, -0.15) is 4.98 Å². The first-order valence-corrected chi connectivity index (χ1v) is 6.74. The van der Waals surface area contributed by atoms with Gasteiger partial charge in [0.2, 0.25) is 0 Å². The number of H-pyrrole nitrogens is 1. The lowest BCUT2D eigenvalue weighted by Gasteiger charge is -2.06. The predicted molar refractivity (Wildman–Crippen MR) is 79.1 cm³/mol. The van der Waals surface area contributed by atoms with Gasteiger partial charge in [-0.15, -0.1) is 0 Å². The second kappa shape index (κ2) is 7.46. The smallest absolute Gasteiger partial charge is 0.346 e. The van der Waals surface area contributed by atoms with E-state index in [-0.39, 0.29) is 11.5 Å². The molecular formula is C15H16FN3O3. The van der Waals surface area contributed by atoms with Crippen molar-refractivity contribution in [3.63, 3.8) is 0 Å². The highest BCUT2D eigenvalue weighted by atomic mass is 19.1. The van der Waals surface area contributed by atoms with Crippen LogP contribution in [-0.4, -0.2) is 36.1 Å². The Balaban J connectivity index is 2.18. The SMILES string of the molecule is COCCCNC(=O)c1cc(-c2ccc(F)cc2)nc(=O)[nH]1. The Labute approximate surface area is 126 Å². The van der Waals surface area contributed by atoms with Crippen LogP contribution >= 0.6 is 0 Å². The highest BCUT2D eigenvalue weighted by Crippen LogP contribution is 2.16. The van der Waals surface area contributed by atoms with Crippen molar-refractivity contribution in [1.82, 2.24) is 15.3 Å². The molecule has 1 aromatic carbocycles. The van der Waals surface area contributed by atoms with Crippen LogP contribution in [0.3, 0.4) is 0 Å². The van der Waals surface area contributed by atoms with Gasteiger partial charge in [-0.3, -0.25) is 4.79 Å². The van der Waals surface area contributed by atoms with Crippen molar-refractivity contribution in [2.45, 2.75) is 6.42 Å². The molecule has 1 aromatic heterocycles. The molecule has 0 aliphatic carbocycles. The lowest BCUT2D eigenvalue weighted by atomic mass is 10.1. The summed E-state index contributed by atoms with van der Waals surface area (Å²) >= 11 is 0. The van der Waals surface area contributed by atoms with Crippen LogP contribution in [0.15, 0.2) is 35.1 Å². The first-order valence-electron chi connectivity index (χ1n) is 6.74. The fraction of sp³-hybridized carbons (Fsp3) is 0.267. The van der Waals surface area contributed by atoms with Gasteiger partial charge in [-0.25, -0.2) is 9.18 Å². The molecule has 1 amide bonds. The summed E-state index contributed by atoms with van der Waals surface area (Å²) in [6, 6.07) is 6.99. The number of carbonyl (C=O) groups excluding carboxylic acids is 1. The number of nitrogens with zero attached hydrogens (tertiary/aromatic N) is 1. The van der Waals surface area contributed by atoms with Gasteiger partial charge in [0.25, 0.3) is 5.91 Å². The Morgan fingerprint density at radius 1 is 1.36 bits per heavy atom. The Morgan fingerprint density at radius 2 is 2.09 bits per heavy atom. The molecule has 0 aliphatic rings. The highest BCUT2D eigenvalue weighted by molar-refractivity contribution is 5.93. The molecule has 2 aromatic rings. The van der Waals surface area contributed by atoms with Crippen LogP contribution in [0.5, 0.6) is 0 Å². The van der Waals surface area contributed by atoms with E-state index in [1.165, 1.54) is 30.3 Å². The average Bonchev–Trinajstić information content (AvgIpc) is 2.51. The van der Waals surface area contributed by atoms with Gasteiger partial charge in [-0.1, -0.05) is 0 Å². The topological polar surface area (TPSA) is 84.1 Å². The van der Waals surface area contributed by atoms with Crippen molar-refractivity contribution < 1.29 is 13.9 Å². The summed E-state index contributed by atoms with van der Waals surface area (Å²) in [4.78, 5) is 29.8. The molecule has 6 nitrogen and oxygen atoms in total. The Bertz CT molecular complexity index is 698. The Hall–Kier alpha value is -2.54. The number of nitrogens with one attached hydrogen (secondary N) is 2. The lowest BCUT2D eigenvalue weighted by Crippen LogP contribution is -2.28. The predicted octanol–water partition coefficient (Wildman–Crippen LogP) is 1.34. The van der Waals surface area contributed by atoms with E-state index in [0.717, 1.165) is 0 Å². The quantitative estimate of drug-likeness (QED) is 0.789. The van der Waals surface area contributed by atoms with Crippen LogP contribution in [0, 0.1) is 5.82 Å². The second-order valence-corrected chi connectivity index (χ2v) is 4.59. The molecule has 1 heterocycles. The summed E-state index contributed by atoms with van der Waals surface area (Å²) in [6.45, 7) is 0.969. The zero-order valence-corrected chi connectivity index (χ0v) is 12.1. The third-order valence-corrected chi connectivity index (χ3v) is 2.94. The molecule has 0 atom stereocenters. The molecule has 22 heavy (non-hydrogen) atoms. The molecule has 0 radical (unpaired) electrons. The van der Waals surface area contributed by atoms with E-state index in [4.69, 9.17) is 4.74 Å². The number of hydrogen-bond acceptors (Lipinski definition) is 4. The van der Waals surface area contributed by atoms with E-state index in [0.29, 0.717) is 30.8 Å². The highest BCUT2D eigenvalue weighted by Gasteiger charge is 2.10. The van der Waals surface area contributed by atoms with Crippen LogP contribution in [0.1, 0.15) is 16.9 Å². The summed E-state index contributed by atoms with van der Waals surface area (Å²) in [7, 11) is 1.58. The standard InChI is InChI=1S/C15H16FN3O3/c1-22-8-2-7-17-14(20)13-9-12(18-15(21)19-13)10-3-5-11(16)6-4-10/h3-6,9H,2,7-8H2,1H3,(H,17,20)(H,18,19,21). The van der Waals surface area contributed by atoms with Gasteiger partial charge in [0.05, 0.1) is 5.69 Å². The zero-order chi connectivity index (χ0) is 15.9. The second-order valence-electron chi connectivity index (χ2n) is 4.59. The number of aromatic nitrogens is 2. The molecule has 0 unspecified atom stereocenters.